The van der Waals surface area contributed by atoms with Crippen LogP contribution in [0.15, 0.2) is 182 Å². The molecule has 0 radical (unpaired) electrons. The van der Waals surface area contributed by atoms with Crippen LogP contribution in [-0.2, 0) is 0 Å². The molecule has 5 heteroatoms. The third-order valence-corrected chi connectivity index (χ3v) is 13.2. The van der Waals surface area contributed by atoms with E-state index >= 15 is 0 Å². The van der Waals surface area contributed by atoms with Gasteiger partial charge in [0.2, 0.25) is 0 Å². The van der Waals surface area contributed by atoms with Crippen LogP contribution in [0, 0.1) is 6.92 Å². The van der Waals surface area contributed by atoms with E-state index in [2.05, 4.69) is 176 Å². The first-order valence-electron chi connectivity index (χ1n) is 19.1. The van der Waals surface area contributed by atoms with Crippen molar-refractivity contribution in [2.75, 3.05) is 0 Å². The number of aromatic nitrogens is 3. The Kier molecular flexibility index (Phi) is 8.09. The van der Waals surface area contributed by atoms with E-state index in [1.54, 1.807) is 6.20 Å². The number of benzene rings is 7. The second kappa shape index (κ2) is 13.7. The molecular weight excluding hydrogens is 731 g/mol. The van der Waals surface area contributed by atoms with E-state index in [4.69, 9.17) is 9.97 Å². The van der Waals surface area contributed by atoms with Crippen molar-refractivity contribution in [3.8, 4) is 67.3 Å². The summed E-state index contributed by atoms with van der Waals surface area (Å²) in [4.78, 5) is 15.2. The van der Waals surface area contributed by atoms with E-state index in [-0.39, 0.29) is 0 Å². The minimum absolute atomic E-state index is 0.675. The number of nitrogens with zero attached hydrogens (tertiary/aromatic N) is 3. The number of aryl methyl sites for hydroxylation is 1. The summed E-state index contributed by atoms with van der Waals surface area (Å²) < 4.78 is 5.20. The molecule has 11 aromatic rings. The van der Waals surface area contributed by atoms with Crippen LogP contribution in [0.25, 0.3) is 108 Å². The summed E-state index contributed by atoms with van der Waals surface area (Å²) in [5, 5.41) is 5.15. The molecule has 3 nitrogen and oxygen atoms in total. The maximum absolute atomic E-state index is 5.42. The van der Waals surface area contributed by atoms with Gasteiger partial charge in [0, 0.05) is 75.0 Å². The first-order valence-corrected chi connectivity index (χ1v) is 20.7. The average molecular weight is 764 g/mol. The summed E-state index contributed by atoms with van der Waals surface area (Å²) in [5.41, 5.74) is 12.7. The number of fused-ring (bicyclic) bond motifs is 6. The predicted octanol–water partition coefficient (Wildman–Crippen LogP) is 14.9. The highest BCUT2D eigenvalue weighted by atomic mass is 32.1. The van der Waals surface area contributed by atoms with Gasteiger partial charge in [-0.3, -0.25) is 4.98 Å². The molecule has 0 aliphatic heterocycles. The van der Waals surface area contributed by atoms with Crippen LogP contribution in [0.3, 0.4) is 0 Å². The summed E-state index contributed by atoms with van der Waals surface area (Å²) in [6.45, 7) is 2.15. The second-order valence-electron chi connectivity index (χ2n) is 14.5. The summed E-state index contributed by atoms with van der Waals surface area (Å²) in [6, 6.07) is 61.2. The van der Waals surface area contributed by atoms with E-state index in [0.29, 0.717) is 5.82 Å². The number of hydrogen-bond donors (Lipinski definition) is 0. The average Bonchev–Trinajstić information content (AvgIpc) is 3.84. The molecule has 0 aliphatic rings. The van der Waals surface area contributed by atoms with Crippen molar-refractivity contribution in [1.82, 2.24) is 15.0 Å². The zero-order valence-corrected chi connectivity index (χ0v) is 32.6. The number of pyridine rings is 1. The van der Waals surface area contributed by atoms with E-state index in [9.17, 15) is 0 Å². The molecule has 0 bridgehead atoms. The molecule has 4 aromatic heterocycles. The largest absolute Gasteiger partial charge is 0.264 e. The van der Waals surface area contributed by atoms with Gasteiger partial charge in [0.05, 0.1) is 11.4 Å². The molecule has 0 fully saturated rings. The highest BCUT2D eigenvalue weighted by Gasteiger charge is 2.18. The van der Waals surface area contributed by atoms with Crippen molar-refractivity contribution in [1.29, 1.82) is 0 Å². The first kappa shape index (κ1) is 33.5. The van der Waals surface area contributed by atoms with Crippen LogP contribution in [0.2, 0.25) is 0 Å². The summed E-state index contributed by atoms with van der Waals surface area (Å²) in [6.07, 6.45) is 3.71. The highest BCUT2D eigenvalue weighted by Crippen LogP contribution is 2.42. The fraction of sp³-hybridized carbons (Fsp3) is 0.0192. The Labute approximate surface area is 338 Å². The van der Waals surface area contributed by atoms with E-state index < -0.39 is 0 Å². The Morgan fingerprint density at radius 2 is 0.912 bits per heavy atom. The molecule has 7 aromatic carbocycles. The molecule has 268 valence electrons. The number of rotatable bonds is 6. The van der Waals surface area contributed by atoms with Gasteiger partial charge in [-0.05, 0) is 107 Å². The molecule has 0 spiro atoms. The van der Waals surface area contributed by atoms with E-state index in [1.165, 1.54) is 51.5 Å². The van der Waals surface area contributed by atoms with Gasteiger partial charge in [0.15, 0.2) is 5.82 Å². The van der Waals surface area contributed by atoms with Crippen LogP contribution < -0.4 is 0 Å². The zero-order valence-electron chi connectivity index (χ0n) is 31.0. The maximum Gasteiger partial charge on any atom is 0.161 e. The lowest BCUT2D eigenvalue weighted by atomic mass is 9.93. The van der Waals surface area contributed by atoms with Gasteiger partial charge in [-0.15, -0.1) is 22.7 Å². The van der Waals surface area contributed by atoms with Crippen molar-refractivity contribution < 1.29 is 0 Å². The van der Waals surface area contributed by atoms with Gasteiger partial charge in [-0.1, -0.05) is 103 Å². The first-order chi connectivity index (χ1) is 28.1. The molecule has 0 amide bonds. The summed E-state index contributed by atoms with van der Waals surface area (Å²) >= 11 is 3.70. The number of hydrogen-bond acceptors (Lipinski definition) is 5. The minimum Gasteiger partial charge on any atom is -0.264 e. The van der Waals surface area contributed by atoms with Gasteiger partial charge in [0.1, 0.15) is 0 Å². The highest BCUT2D eigenvalue weighted by molar-refractivity contribution is 7.26. The smallest absolute Gasteiger partial charge is 0.161 e. The molecule has 0 saturated carbocycles. The maximum atomic E-state index is 5.42. The van der Waals surface area contributed by atoms with Crippen molar-refractivity contribution in [3.05, 3.63) is 188 Å². The van der Waals surface area contributed by atoms with Gasteiger partial charge in [-0.25, -0.2) is 9.97 Å². The molecule has 11 rings (SSSR count). The lowest BCUT2D eigenvalue weighted by molar-refractivity contribution is 1.18. The van der Waals surface area contributed by atoms with Gasteiger partial charge >= 0.3 is 0 Å². The molecular formula is C52H33N3S2. The van der Waals surface area contributed by atoms with Crippen molar-refractivity contribution in [2.45, 2.75) is 6.92 Å². The predicted molar refractivity (Wildman–Crippen MR) is 243 cm³/mol. The molecule has 0 N–H and O–H groups in total. The third-order valence-electron chi connectivity index (χ3n) is 10.9. The minimum atomic E-state index is 0.675. The van der Waals surface area contributed by atoms with Crippen molar-refractivity contribution in [2.24, 2.45) is 0 Å². The summed E-state index contributed by atoms with van der Waals surface area (Å²) in [5.74, 6) is 0.675. The fourth-order valence-corrected chi connectivity index (χ4v) is 10.3. The van der Waals surface area contributed by atoms with E-state index in [1.807, 2.05) is 34.9 Å². The molecule has 0 unspecified atom stereocenters. The SMILES string of the molecule is Cc1ccccc1-c1cc(-c2cc(-c3ccc4sc5ccccc5c4c3)cc(-c3ccc4sc5ccccc5c4c3)c2)nc(-c2ccccc2-c2cccnc2)n1. The van der Waals surface area contributed by atoms with Gasteiger partial charge in [0.25, 0.3) is 0 Å². The molecule has 57 heavy (non-hydrogen) atoms. The third kappa shape index (κ3) is 6.00. The second-order valence-corrected chi connectivity index (χ2v) is 16.6. The van der Waals surface area contributed by atoms with E-state index in [0.717, 1.165) is 55.9 Å². The Bertz CT molecular complexity index is 3190. The van der Waals surface area contributed by atoms with Crippen LogP contribution in [0.4, 0.5) is 0 Å². The summed E-state index contributed by atoms with van der Waals surface area (Å²) in [7, 11) is 0. The topological polar surface area (TPSA) is 38.7 Å². The van der Waals surface area contributed by atoms with Crippen LogP contribution >= 0.6 is 22.7 Å². The van der Waals surface area contributed by atoms with Crippen LogP contribution in [0.5, 0.6) is 0 Å². The Morgan fingerprint density at radius 3 is 1.54 bits per heavy atom. The Hall–Kier alpha value is -6.79. The molecule has 0 saturated heterocycles. The lowest BCUT2D eigenvalue weighted by Gasteiger charge is -2.15. The van der Waals surface area contributed by atoms with Gasteiger partial charge in [-0.2, -0.15) is 0 Å². The quantitative estimate of drug-likeness (QED) is 0.169. The van der Waals surface area contributed by atoms with Crippen LogP contribution in [-0.4, -0.2) is 15.0 Å². The van der Waals surface area contributed by atoms with Crippen molar-refractivity contribution in [3.63, 3.8) is 0 Å². The van der Waals surface area contributed by atoms with Crippen LogP contribution in [0.1, 0.15) is 5.56 Å². The Balaban J connectivity index is 1.16. The number of thiophene rings is 2. The Morgan fingerprint density at radius 1 is 0.368 bits per heavy atom. The molecule has 0 aliphatic carbocycles. The molecule has 4 heterocycles. The zero-order chi connectivity index (χ0) is 37.9. The van der Waals surface area contributed by atoms with Gasteiger partial charge < -0.3 is 0 Å². The lowest BCUT2D eigenvalue weighted by Crippen LogP contribution is -1.98. The standard InChI is InChI=1S/C52H33N3S2/c1-32-11-2-3-13-39(32)47-30-46(54-52(55-47)43-17-5-4-14-40(43)35-12-10-24-53-31-35)38-26-36(33-20-22-50-44(28-33)41-15-6-8-18-48(41)56-50)25-37(27-38)34-21-23-51-45(29-34)42-16-7-9-19-49(42)57-51/h2-31H,1H3. The monoisotopic (exact) mass is 763 g/mol. The fourth-order valence-electron chi connectivity index (χ4n) is 8.09. The van der Waals surface area contributed by atoms with Crippen molar-refractivity contribution >= 4 is 63.0 Å². The molecule has 0 atom stereocenters. The normalized spacial score (nSPS) is 11.6.